The van der Waals surface area contributed by atoms with Gasteiger partial charge in [0, 0.05) is 17.3 Å². The summed E-state index contributed by atoms with van der Waals surface area (Å²) >= 11 is 6.28. The normalized spacial score (nSPS) is 13.1. The van der Waals surface area contributed by atoms with E-state index in [0.29, 0.717) is 34.2 Å². The molecule has 0 bridgehead atoms. The molecule has 3 amide bonds. The van der Waals surface area contributed by atoms with Crippen LogP contribution in [0, 0.1) is 6.92 Å². The largest absolute Gasteiger partial charge is 0.497 e. The second-order valence-corrected chi connectivity index (χ2v) is 8.41. The molecule has 0 spiro atoms. The number of ether oxygens (including phenoxy) is 3. The number of nitrogens with zero attached hydrogens (tertiary/aromatic N) is 1. The van der Waals surface area contributed by atoms with Gasteiger partial charge in [-0.25, -0.2) is 4.90 Å². The summed E-state index contributed by atoms with van der Waals surface area (Å²) in [5.41, 5.74) is 2.16. The maximum Gasteiger partial charge on any atom is 0.283 e. The highest BCUT2D eigenvalue weighted by Crippen LogP contribution is 2.36. The highest BCUT2D eigenvalue weighted by molar-refractivity contribution is 6.53. The first-order valence-corrected chi connectivity index (χ1v) is 11.5. The molecule has 0 aliphatic carbocycles. The molecule has 37 heavy (non-hydrogen) atoms. The number of nitrogens with one attached hydrogen (secondary N) is 2. The lowest BCUT2D eigenvalue weighted by Gasteiger charge is -2.18. The van der Waals surface area contributed by atoms with Gasteiger partial charge in [-0.05, 0) is 55.0 Å². The van der Waals surface area contributed by atoms with Crippen molar-refractivity contribution in [1.29, 1.82) is 0 Å². The van der Waals surface area contributed by atoms with E-state index in [9.17, 15) is 14.4 Å². The topological polar surface area (TPSA) is 106 Å². The molecule has 1 aliphatic rings. The predicted molar refractivity (Wildman–Crippen MR) is 141 cm³/mol. The SMILES string of the molecule is COc1ccc(NC(=O)c2cccc(NC3=C(Cl)C(=O)N(c4cc(C)ccc4OC)C3=O)c2)c(OC)c1. The van der Waals surface area contributed by atoms with Crippen molar-refractivity contribution in [3.05, 3.63) is 82.5 Å². The Hall–Kier alpha value is -4.50. The average Bonchev–Trinajstić information content (AvgIpc) is 3.11. The number of halogens is 1. The van der Waals surface area contributed by atoms with Crippen molar-refractivity contribution in [2.75, 3.05) is 36.9 Å². The summed E-state index contributed by atoms with van der Waals surface area (Å²) in [5, 5.41) is 5.41. The lowest BCUT2D eigenvalue weighted by atomic mass is 10.1. The molecule has 0 saturated carbocycles. The third-order valence-corrected chi connectivity index (χ3v) is 6.00. The summed E-state index contributed by atoms with van der Waals surface area (Å²) in [7, 11) is 4.47. The van der Waals surface area contributed by atoms with E-state index in [0.717, 1.165) is 10.5 Å². The Morgan fingerprint density at radius 2 is 1.62 bits per heavy atom. The summed E-state index contributed by atoms with van der Waals surface area (Å²) < 4.78 is 15.8. The maximum absolute atomic E-state index is 13.2. The summed E-state index contributed by atoms with van der Waals surface area (Å²) in [6, 6.07) is 16.6. The van der Waals surface area contributed by atoms with Gasteiger partial charge in [-0.15, -0.1) is 0 Å². The van der Waals surface area contributed by atoms with E-state index in [1.807, 2.05) is 6.92 Å². The Kier molecular flexibility index (Phi) is 7.35. The number of hydrogen-bond acceptors (Lipinski definition) is 7. The van der Waals surface area contributed by atoms with Crippen molar-refractivity contribution in [1.82, 2.24) is 0 Å². The Balaban J connectivity index is 1.56. The fourth-order valence-electron chi connectivity index (χ4n) is 3.78. The molecule has 1 aliphatic heterocycles. The van der Waals surface area contributed by atoms with Crippen molar-refractivity contribution in [2.24, 2.45) is 0 Å². The zero-order valence-corrected chi connectivity index (χ0v) is 21.3. The van der Waals surface area contributed by atoms with Crippen LogP contribution in [-0.4, -0.2) is 39.1 Å². The molecule has 0 saturated heterocycles. The van der Waals surface area contributed by atoms with Crippen LogP contribution < -0.4 is 29.7 Å². The van der Waals surface area contributed by atoms with Crippen LogP contribution in [0.25, 0.3) is 0 Å². The van der Waals surface area contributed by atoms with Gasteiger partial charge in [0.2, 0.25) is 0 Å². The molecule has 0 fully saturated rings. The standard InChI is InChI=1S/C27H24ClN3O6/c1-15-8-11-21(36-3)20(12-15)31-26(33)23(28)24(27(31)34)29-17-7-5-6-16(13-17)25(32)30-19-10-9-18(35-2)14-22(19)37-4/h5-14,29H,1-4H3,(H,30,32). The van der Waals surface area contributed by atoms with Crippen LogP contribution in [-0.2, 0) is 9.59 Å². The van der Waals surface area contributed by atoms with Gasteiger partial charge in [-0.1, -0.05) is 23.7 Å². The van der Waals surface area contributed by atoms with Crippen LogP contribution in [0.3, 0.4) is 0 Å². The van der Waals surface area contributed by atoms with E-state index in [1.54, 1.807) is 54.6 Å². The minimum atomic E-state index is -0.682. The van der Waals surface area contributed by atoms with Gasteiger partial charge >= 0.3 is 0 Å². The van der Waals surface area contributed by atoms with Gasteiger partial charge in [-0.2, -0.15) is 0 Å². The van der Waals surface area contributed by atoms with Crippen molar-refractivity contribution in [3.63, 3.8) is 0 Å². The number of carbonyl (C=O) groups is 3. The molecular formula is C27H24ClN3O6. The smallest absolute Gasteiger partial charge is 0.283 e. The van der Waals surface area contributed by atoms with Crippen LogP contribution >= 0.6 is 11.6 Å². The number of benzene rings is 3. The molecule has 0 unspecified atom stereocenters. The van der Waals surface area contributed by atoms with E-state index >= 15 is 0 Å². The minimum absolute atomic E-state index is 0.107. The molecule has 190 valence electrons. The summed E-state index contributed by atoms with van der Waals surface area (Å²) in [4.78, 5) is 40.1. The second kappa shape index (κ2) is 10.6. The lowest BCUT2D eigenvalue weighted by Crippen LogP contribution is -2.32. The monoisotopic (exact) mass is 521 g/mol. The van der Waals surface area contributed by atoms with Gasteiger partial charge in [-0.3, -0.25) is 14.4 Å². The molecule has 3 aromatic rings. The van der Waals surface area contributed by atoms with Crippen molar-refractivity contribution < 1.29 is 28.6 Å². The molecule has 4 rings (SSSR count). The number of hydrogen-bond donors (Lipinski definition) is 2. The second-order valence-electron chi connectivity index (χ2n) is 8.04. The molecule has 10 heteroatoms. The number of carbonyl (C=O) groups excluding carboxylic acids is 3. The van der Waals surface area contributed by atoms with Crippen LogP contribution in [0.5, 0.6) is 17.2 Å². The van der Waals surface area contributed by atoms with Crippen molar-refractivity contribution >= 4 is 46.4 Å². The molecule has 9 nitrogen and oxygen atoms in total. The zero-order valence-electron chi connectivity index (χ0n) is 20.5. The van der Waals surface area contributed by atoms with Gasteiger partial charge < -0.3 is 24.8 Å². The molecule has 2 N–H and O–H groups in total. The molecule has 3 aromatic carbocycles. The van der Waals surface area contributed by atoms with Crippen molar-refractivity contribution in [2.45, 2.75) is 6.92 Å². The number of amides is 3. The highest BCUT2D eigenvalue weighted by atomic mass is 35.5. The fourth-order valence-corrected chi connectivity index (χ4v) is 4.00. The lowest BCUT2D eigenvalue weighted by molar-refractivity contribution is -0.120. The number of imide groups is 1. The van der Waals surface area contributed by atoms with Gasteiger partial charge in [0.15, 0.2) is 0 Å². The molecule has 0 radical (unpaired) electrons. The first-order valence-electron chi connectivity index (χ1n) is 11.1. The molecule has 0 aromatic heterocycles. The Morgan fingerprint density at radius 3 is 2.32 bits per heavy atom. The number of aryl methyl sites for hydroxylation is 1. The van der Waals surface area contributed by atoms with Crippen LogP contribution in [0.15, 0.2) is 71.4 Å². The highest BCUT2D eigenvalue weighted by Gasteiger charge is 2.40. The molecule has 1 heterocycles. The zero-order chi connectivity index (χ0) is 26.7. The summed E-state index contributed by atoms with van der Waals surface area (Å²) in [5.74, 6) is -0.368. The van der Waals surface area contributed by atoms with Crippen LogP contribution in [0.1, 0.15) is 15.9 Å². The predicted octanol–water partition coefficient (Wildman–Crippen LogP) is 4.71. The van der Waals surface area contributed by atoms with E-state index < -0.39 is 17.7 Å². The Bertz CT molecular complexity index is 1440. The van der Waals surface area contributed by atoms with Gasteiger partial charge in [0.1, 0.15) is 28.0 Å². The third kappa shape index (κ3) is 5.07. The average molecular weight is 522 g/mol. The summed E-state index contributed by atoms with van der Waals surface area (Å²) in [6.07, 6.45) is 0. The maximum atomic E-state index is 13.2. The van der Waals surface area contributed by atoms with E-state index in [1.165, 1.54) is 27.4 Å². The van der Waals surface area contributed by atoms with E-state index in [4.69, 9.17) is 25.8 Å². The van der Waals surface area contributed by atoms with Crippen LogP contribution in [0.4, 0.5) is 17.1 Å². The Labute approximate surface area is 218 Å². The number of rotatable bonds is 8. The van der Waals surface area contributed by atoms with Gasteiger partial charge in [0.05, 0.1) is 32.7 Å². The van der Waals surface area contributed by atoms with Crippen molar-refractivity contribution in [3.8, 4) is 17.2 Å². The number of anilines is 3. The Morgan fingerprint density at radius 1 is 0.865 bits per heavy atom. The van der Waals surface area contributed by atoms with E-state index in [-0.39, 0.29) is 16.4 Å². The first kappa shape index (κ1) is 25.6. The molecule has 0 atom stereocenters. The van der Waals surface area contributed by atoms with Gasteiger partial charge in [0.25, 0.3) is 17.7 Å². The quantitative estimate of drug-likeness (QED) is 0.413. The summed E-state index contributed by atoms with van der Waals surface area (Å²) in [6.45, 7) is 1.83. The third-order valence-electron chi connectivity index (χ3n) is 5.65. The molecular weight excluding hydrogens is 498 g/mol. The number of methoxy groups -OCH3 is 3. The fraction of sp³-hybridized carbons (Fsp3) is 0.148. The first-order chi connectivity index (χ1) is 17.8. The minimum Gasteiger partial charge on any atom is -0.497 e. The van der Waals surface area contributed by atoms with Crippen LogP contribution in [0.2, 0.25) is 0 Å². The van der Waals surface area contributed by atoms with E-state index in [2.05, 4.69) is 10.6 Å².